The minimum atomic E-state index is -1.02. The predicted octanol–water partition coefficient (Wildman–Crippen LogP) is 2.03. The zero-order valence-corrected chi connectivity index (χ0v) is 14.9. The molecule has 3 rings (SSSR count). The highest BCUT2D eigenvalue weighted by Crippen LogP contribution is 2.38. The standard InChI is InChI=1S/C19H25N3O3/c1-3-21(4-2)16(23)13-22-17(24)19(20-18(22)25)12-8-7-10-14-9-5-6-11-15(14)19/h5-6,9,11H,3-4,7-8,10,12-13H2,1-2H3,(H,20,25). The summed E-state index contributed by atoms with van der Waals surface area (Å²) in [5.41, 5.74) is 0.961. The van der Waals surface area contributed by atoms with E-state index in [1.807, 2.05) is 38.1 Å². The Bertz CT molecular complexity index is 699. The lowest BCUT2D eigenvalue weighted by Gasteiger charge is -2.27. The second-order valence-electron chi connectivity index (χ2n) is 6.66. The average molecular weight is 343 g/mol. The highest BCUT2D eigenvalue weighted by Gasteiger charge is 2.53. The molecule has 0 saturated carbocycles. The van der Waals surface area contributed by atoms with Gasteiger partial charge in [-0.15, -0.1) is 0 Å². The van der Waals surface area contributed by atoms with Gasteiger partial charge in [-0.3, -0.25) is 14.5 Å². The lowest BCUT2D eigenvalue weighted by Crippen LogP contribution is -2.46. The van der Waals surface area contributed by atoms with Crippen LogP contribution in [-0.4, -0.2) is 47.3 Å². The molecule has 1 spiro atoms. The van der Waals surface area contributed by atoms with E-state index in [1.54, 1.807) is 4.90 Å². The van der Waals surface area contributed by atoms with Crippen LogP contribution in [0.15, 0.2) is 24.3 Å². The first-order valence-electron chi connectivity index (χ1n) is 9.03. The van der Waals surface area contributed by atoms with E-state index in [0.29, 0.717) is 19.5 Å². The monoisotopic (exact) mass is 343 g/mol. The molecule has 6 nitrogen and oxygen atoms in total. The predicted molar refractivity (Wildman–Crippen MR) is 93.8 cm³/mol. The fourth-order valence-electron chi connectivity index (χ4n) is 3.93. The van der Waals surface area contributed by atoms with Gasteiger partial charge in [0.2, 0.25) is 5.91 Å². The van der Waals surface area contributed by atoms with Crippen LogP contribution in [0.25, 0.3) is 0 Å². The van der Waals surface area contributed by atoms with E-state index in [2.05, 4.69) is 5.32 Å². The summed E-state index contributed by atoms with van der Waals surface area (Å²) in [5, 5.41) is 2.91. The third kappa shape index (κ3) is 2.90. The van der Waals surface area contributed by atoms with Crippen molar-refractivity contribution < 1.29 is 14.4 Å². The molecule has 6 heteroatoms. The van der Waals surface area contributed by atoms with Crippen LogP contribution >= 0.6 is 0 Å². The number of hydrogen-bond donors (Lipinski definition) is 1. The van der Waals surface area contributed by atoms with Crippen LogP contribution in [0.1, 0.15) is 44.2 Å². The van der Waals surface area contributed by atoms with Gasteiger partial charge in [-0.1, -0.05) is 24.3 Å². The van der Waals surface area contributed by atoms with E-state index < -0.39 is 11.6 Å². The number of likely N-dealkylation sites (N-methyl/N-ethyl adjacent to an activating group) is 1. The molecule has 1 heterocycles. The molecule has 1 atom stereocenters. The molecule has 1 aliphatic heterocycles. The van der Waals surface area contributed by atoms with Gasteiger partial charge >= 0.3 is 6.03 Å². The van der Waals surface area contributed by atoms with Gasteiger partial charge in [0.1, 0.15) is 12.1 Å². The number of rotatable bonds is 4. The second-order valence-corrected chi connectivity index (χ2v) is 6.66. The Kier molecular flexibility index (Phi) is 4.79. The highest BCUT2D eigenvalue weighted by molar-refractivity contribution is 6.09. The summed E-state index contributed by atoms with van der Waals surface area (Å²) in [4.78, 5) is 40.9. The van der Waals surface area contributed by atoms with Crippen LogP contribution in [0.3, 0.4) is 0 Å². The Balaban J connectivity index is 1.92. The molecule has 1 unspecified atom stereocenters. The molecule has 1 fully saturated rings. The van der Waals surface area contributed by atoms with Crippen molar-refractivity contribution >= 4 is 17.8 Å². The normalized spacial score (nSPS) is 22.6. The van der Waals surface area contributed by atoms with Crippen molar-refractivity contribution in [1.29, 1.82) is 0 Å². The van der Waals surface area contributed by atoms with Gasteiger partial charge in [0.15, 0.2) is 0 Å². The van der Waals surface area contributed by atoms with E-state index in [1.165, 1.54) is 0 Å². The number of imide groups is 1. The zero-order chi connectivity index (χ0) is 18.0. The van der Waals surface area contributed by atoms with Gasteiger partial charge in [0, 0.05) is 13.1 Å². The maximum atomic E-state index is 13.2. The van der Waals surface area contributed by atoms with Gasteiger partial charge < -0.3 is 10.2 Å². The van der Waals surface area contributed by atoms with Crippen molar-refractivity contribution in [2.75, 3.05) is 19.6 Å². The Morgan fingerprint density at radius 3 is 2.64 bits per heavy atom. The zero-order valence-electron chi connectivity index (χ0n) is 14.9. The van der Waals surface area contributed by atoms with Crippen molar-refractivity contribution in [3.05, 3.63) is 35.4 Å². The Hall–Kier alpha value is -2.37. The van der Waals surface area contributed by atoms with Crippen LogP contribution < -0.4 is 5.32 Å². The molecular weight excluding hydrogens is 318 g/mol. The number of aryl methyl sites for hydroxylation is 1. The summed E-state index contributed by atoms with van der Waals surface area (Å²) in [6.07, 6.45) is 3.32. The van der Waals surface area contributed by atoms with Gasteiger partial charge in [0.05, 0.1) is 0 Å². The number of urea groups is 1. The molecule has 0 aromatic heterocycles. The number of carbonyl (C=O) groups excluding carboxylic acids is 3. The van der Waals surface area contributed by atoms with Crippen LogP contribution in [0, 0.1) is 0 Å². The smallest absolute Gasteiger partial charge is 0.325 e. The molecule has 2 aliphatic rings. The summed E-state index contributed by atoms with van der Waals surface area (Å²) in [7, 11) is 0. The minimum Gasteiger partial charge on any atom is -0.342 e. The molecule has 134 valence electrons. The van der Waals surface area contributed by atoms with E-state index in [9.17, 15) is 14.4 Å². The lowest BCUT2D eigenvalue weighted by molar-refractivity contribution is -0.139. The average Bonchev–Trinajstić information content (AvgIpc) is 2.76. The number of benzene rings is 1. The molecule has 0 radical (unpaired) electrons. The summed E-state index contributed by atoms with van der Waals surface area (Å²) in [6, 6.07) is 7.33. The van der Waals surface area contributed by atoms with Crippen LogP contribution in [0.5, 0.6) is 0 Å². The van der Waals surface area contributed by atoms with E-state index in [4.69, 9.17) is 0 Å². The highest BCUT2D eigenvalue weighted by atomic mass is 16.2. The van der Waals surface area contributed by atoms with Crippen molar-refractivity contribution in [3.63, 3.8) is 0 Å². The number of nitrogens with one attached hydrogen (secondary N) is 1. The Labute approximate surface area is 148 Å². The first-order valence-corrected chi connectivity index (χ1v) is 9.03. The fourth-order valence-corrected chi connectivity index (χ4v) is 3.93. The summed E-state index contributed by atoms with van der Waals surface area (Å²) in [6.45, 7) is 4.70. The second kappa shape index (κ2) is 6.86. The number of carbonyl (C=O) groups is 3. The quantitative estimate of drug-likeness (QED) is 0.851. The molecular formula is C19H25N3O3. The van der Waals surface area contributed by atoms with Crippen molar-refractivity contribution in [2.24, 2.45) is 0 Å². The maximum absolute atomic E-state index is 13.2. The van der Waals surface area contributed by atoms with Gasteiger partial charge in [-0.25, -0.2) is 4.79 Å². The number of hydrogen-bond acceptors (Lipinski definition) is 3. The number of fused-ring (bicyclic) bond motifs is 2. The number of amides is 4. The molecule has 1 aromatic rings. The Morgan fingerprint density at radius 1 is 1.20 bits per heavy atom. The first-order chi connectivity index (χ1) is 12.0. The fraction of sp³-hybridized carbons (Fsp3) is 0.526. The molecule has 1 aromatic carbocycles. The molecule has 4 amide bonds. The summed E-state index contributed by atoms with van der Waals surface area (Å²) in [5.74, 6) is -0.500. The minimum absolute atomic E-state index is 0.198. The van der Waals surface area contributed by atoms with E-state index >= 15 is 0 Å². The van der Waals surface area contributed by atoms with Crippen molar-refractivity contribution in [1.82, 2.24) is 15.1 Å². The van der Waals surface area contributed by atoms with Crippen LogP contribution in [0.2, 0.25) is 0 Å². The van der Waals surface area contributed by atoms with Crippen LogP contribution in [-0.2, 0) is 21.5 Å². The van der Waals surface area contributed by atoms with E-state index in [0.717, 1.165) is 35.3 Å². The Morgan fingerprint density at radius 2 is 1.92 bits per heavy atom. The van der Waals surface area contributed by atoms with Crippen LogP contribution in [0.4, 0.5) is 4.79 Å². The van der Waals surface area contributed by atoms with Gasteiger partial charge in [-0.05, 0) is 50.7 Å². The SMILES string of the molecule is CCN(CC)C(=O)CN1C(=O)NC2(CCCCc3ccccc32)C1=O. The third-order valence-electron chi connectivity index (χ3n) is 5.31. The summed E-state index contributed by atoms with van der Waals surface area (Å²) >= 11 is 0. The molecule has 0 bridgehead atoms. The number of nitrogens with zero attached hydrogens (tertiary/aromatic N) is 2. The molecule has 1 saturated heterocycles. The largest absolute Gasteiger partial charge is 0.342 e. The topological polar surface area (TPSA) is 69.7 Å². The third-order valence-corrected chi connectivity index (χ3v) is 5.31. The van der Waals surface area contributed by atoms with Crippen molar-refractivity contribution in [2.45, 2.75) is 45.1 Å². The molecule has 1 aliphatic carbocycles. The van der Waals surface area contributed by atoms with Crippen molar-refractivity contribution in [3.8, 4) is 0 Å². The van der Waals surface area contributed by atoms with Gasteiger partial charge in [0.25, 0.3) is 5.91 Å². The molecule has 25 heavy (non-hydrogen) atoms. The first kappa shape index (κ1) is 17.5. The van der Waals surface area contributed by atoms with Gasteiger partial charge in [-0.2, -0.15) is 0 Å². The molecule has 1 N–H and O–H groups in total. The summed E-state index contributed by atoms with van der Waals surface area (Å²) < 4.78 is 0. The van der Waals surface area contributed by atoms with E-state index in [-0.39, 0.29) is 18.4 Å². The maximum Gasteiger partial charge on any atom is 0.325 e. The lowest BCUT2D eigenvalue weighted by atomic mass is 9.84.